The fourth-order valence-corrected chi connectivity index (χ4v) is 6.28. The smallest absolute Gasteiger partial charge is 0.210 e. The third-order valence-corrected chi connectivity index (χ3v) is 8.57. The number of sulfonamides is 1. The minimum atomic E-state index is -3.44. The van der Waals surface area contributed by atoms with Crippen LogP contribution in [0.2, 0.25) is 5.02 Å². The molecule has 102 valence electrons. The van der Waals surface area contributed by atoms with Crippen molar-refractivity contribution in [1.29, 1.82) is 0 Å². The summed E-state index contributed by atoms with van der Waals surface area (Å²) < 4.78 is 27.7. The summed E-state index contributed by atoms with van der Waals surface area (Å²) in [5.41, 5.74) is 0. The first-order chi connectivity index (χ1) is 8.40. The van der Waals surface area contributed by atoms with Crippen molar-refractivity contribution < 1.29 is 8.42 Å². The first-order valence-corrected chi connectivity index (χ1v) is 9.87. The topological polar surface area (TPSA) is 46.2 Å². The van der Waals surface area contributed by atoms with Gasteiger partial charge >= 0.3 is 0 Å². The maximum Gasteiger partial charge on any atom is 0.250 e. The maximum atomic E-state index is 12.1. The summed E-state index contributed by atoms with van der Waals surface area (Å²) in [5, 5.41) is 0.430. The van der Waals surface area contributed by atoms with Crippen molar-refractivity contribution in [2.24, 2.45) is 5.92 Å². The van der Waals surface area contributed by atoms with Crippen LogP contribution in [0, 0.1) is 5.92 Å². The van der Waals surface area contributed by atoms with E-state index in [0.717, 1.165) is 30.6 Å². The molecule has 1 aliphatic rings. The van der Waals surface area contributed by atoms with E-state index in [1.807, 2.05) is 0 Å². The van der Waals surface area contributed by atoms with Crippen LogP contribution >= 0.6 is 54.8 Å². The molecule has 1 aromatic heterocycles. The lowest BCUT2D eigenvalue weighted by atomic mass is 10.1. The SMILES string of the molecule is O=S(=O)(NCC1CCCC1Br)c1cc(Cl)c(Br)s1. The van der Waals surface area contributed by atoms with Gasteiger partial charge in [-0.15, -0.1) is 11.3 Å². The highest BCUT2D eigenvalue weighted by Crippen LogP contribution is 2.35. The third-order valence-electron chi connectivity index (χ3n) is 2.99. The Bertz CT molecular complexity index is 512. The molecule has 2 rings (SSSR count). The summed E-state index contributed by atoms with van der Waals surface area (Å²) in [6.07, 6.45) is 3.33. The van der Waals surface area contributed by atoms with Crippen LogP contribution in [0.3, 0.4) is 0 Å². The van der Waals surface area contributed by atoms with Gasteiger partial charge in [-0.2, -0.15) is 0 Å². The van der Waals surface area contributed by atoms with Crippen molar-refractivity contribution in [3.05, 3.63) is 14.9 Å². The zero-order chi connectivity index (χ0) is 13.3. The minimum Gasteiger partial charge on any atom is -0.210 e. The molecule has 8 heteroatoms. The van der Waals surface area contributed by atoms with E-state index < -0.39 is 10.0 Å². The molecule has 0 saturated heterocycles. The second-order valence-electron chi connectivity index (χ2n) is 4.25. The summed E-state index contributed by atoms with van der Waals surface area (Å²) in [7, 11) is -3.44. The van der Waals surface area contributed by atoms with Gasteiger partial charge in [-0.25, -0.2) is 13.1 Å². The van der Waals surface area contributed by atoms with Crippen LogP contribution in [0.5, 0.6) is 0 Å². The van der Waals surface area contributed by atoms with E-state index >= 15 is 0 Å². The van der Waals surface area contributed by atoms with Gasteiger partial charge in [-0.05, 0) is 40.8 Å². The quantitative estimate of drug-likeness (QED) is 0.724. The predicted molar refractivity (Wildman–Crippen MR) is 82.3 cm³/mol. The van der Waals surface area contributed by atoms with E-state index in [2.05, 4.69) is 36.6 Å². The van der Waals surface area contributed by atoms with Crippen LogP contribution in [-0.4, -0.2) is 19.8 Å². The van der Waals surface area contributed by atoms with Crippen molar-refractivity contribution in [3.8, 4) is 0 Å². The number of hydrogen-bond acceptors (Lipinski definition) is 3. The maximum absolute atomic E-state index is 12.1. The molecular weight excluding hydrogens is 426 g/mol. The Morgan fingerprint density at radius 3 is 2.72 bits per heavy atom. The molecule has 18 heavy (non-hydrogen) atoms. The molecule has 1 aromatic rings. The molecule has 2 unspecified atom stereocenters. The molecule has 0 amide bonds. The summed E-state index contributed by atoms with van der Waals surface area (Å²) in [6.45, 7) is 0.478. The number of halogens is 3. The molecule has 0 aliphatic heterocycles. The Hall–Kier alpha value is 0.860. The lowest BCUT2D eigenvalue weighted by Gasteiger charge is -2.14. The molecule has 1 N–H and O–H groups in total. The fraction of sp³-hybridized carbons (Fsp3) is 0.600. The van der Waals surface area contributed by atoms with Crippen LogP contribution in [-0.2, 0) is 10.0 Å². The van der Waals surface area contributed by atoms with Gasteiger partial charge in [-0.3, -0.25) is 0 Å². The van der Waals surface area contributed by atoms with E-state index in [4.69, 9.17) is 11.6 Å². The van der Waals surface area contributed by atoms with Crippen LogP contribution in [0.4, 0.5) is 0 Å². The van der Waals surface area contributed by atoms with Crippen molar-refractivity contribution in [2.75, 3.05) is 6.54 Å². The van der Waals surface area contributed by atoms with E-state index in [1.54, 1.807) is 0 Å². The first-order valence-electron chi connectivity index (χ1n) is 5.48. The van der Waals surface area contributed by atoms with Gasteiger partial charge in [-0.1, -0.05) is 34.0 Å². The lowest BCUT2D eigenvalue weighted by molar-refractivity contribution is 0.530. The lowest BCUT2D eigenvalue weighted by Crippen LogP contribution is -2.30. The molecule has 1 aliphatic carbocycles. The van der Waals surface area contributed by atoms with Gasteiger partial charge in [0.25, 0.3) is 0 Å². The van der Waals surface area contributed by atoms with E-state index in [9.17, 15) is 8.42 Å². The molecule has 1 fully saturated rings. The molecule has 2 atom stereocenters. The van der Waals surface area contributed by atoms with Crippen molar-refractivity contribution in [1.82, 2.24) is 4.72 Å². The van der Waals surface area contributed by atoms with Gasteiger partial charge < -0.3 is 0 Å². The number of rotatable bonds is 4. The van der Waals surface area contributed by atoms with Gasteiger partial charge in [0.15, 0.2) is 0 Å². The molecule has 1 saturated carbocycles. The van der Waals surface area contributed by atoms with E-state index in [-0.39, 0.29) is 4.21 Å². The molecular formula is C10H12Br2ClNO2S2. The van der Waals surface area contributed by atoms with Crippen molar-refractivity contribution >= 4 is 64.8 Å². The monoisotopic (exact) mass is 435 g/mol. The molecule has 0 spiro atoms. The Morgan fingerprint density at radius 2 is 2.22 bits per heavy atom. The average Bonchev–Trinajstić information content (AvgIpc) is 2.84. The zero-order valence-corrected chi connectivity index (χ0v) is 14.9. The van der Waals surface area contributed by atoms with E-state index in [1.165, 1.54) is 6.07 Å². The largest absolute Gasteiger partial charge is 0.250 e. The molecule has 0 aromatic carbocycles. The Balaban J connectivity index is 2.03. The molecule has 3 nitrogen and oxygen atoms in total. The number of hydrogen-bond donors (Lipinski definition) is 1. The summed E-state index contributed by atoms with van der Waals surface area (Å²) in [4.78, 5) is 0.416. The van der Waals surface area contributed by atoms with Gasteiger partial charge in [0.2, 0.25) is 10.0 Å². The molecule has 0 radical (unpaired) electrons. The highest BCUT2D eigenvalue weighted by atomic mass is 79.9. The van der Waals surface area contributed by atoms with Gasteiger partial charge in [0, 0.05) is 11.4 Å². The summed E-state index contributed by atoms with van der Waals surface area (Å²) >= 11 is 13.8. The third kappa shape index (κ3) is 3.49. The van der Waals surface area contributed by atoms with Crippen LogP contribution in [0.25, 0.3) is 0 Å². The average molecular weight is 438 g/mol. The van der Waals surface area contributed by atoms with Gasteiger partial charge in [0.1, 0.15) is 4.21 Å². The van der Waals surface area contributed by atoms with Crippen LogP contribution < -0.4 is 4.72 Å². The second kappa shape index (κ2) is 6.10. The number of alkyl halides is 1. The predicted octanol–water partition coefficient (Wildman–Crippen LogP) is 4.01. The number of nitrogens with one attached hydrogen (secondary N) is 1. The zero-order valence-electron chi connectivity index (χ0n) is 9.33. The highest BCUT2D eigenvalue weighted by molar-refractivity contribution is 9.11. The van der Waals surface area contributed by atoms with Crippen LogP contribution in [0.1, 0.15) is 19.3 Å². The van der Waals surface area contributed by atoms with Crippen LogP contribution in [0.15, 0.2) is 14.1 Å². The second-order valence-corrected chi connectivity index (χ2v) is 10.2. The number of thiophene rings is 1. The first kappa shape index (κ1) is 15.3. The van der Waals surface area contributed by atoms with E-state index in [0.29, 0.717) is 26.1 Å². The van der Waals surface area contributed by atoms with Crippen molar-refractivity contribution in [3.63, 3.8) is 0 Å². The molecule has 1 heterocycles. The van der Waals surface area contributed by atoms with Crippen molar-refractivity contribution in [2.45, 2.75) is 28.3 Å². The van der Waals surface area contributed by atoms with Gasteiger partial charge in [0.05, 0.1) is 8.81 Å². The normalized spacial score (nSPS) is 24.6. The fourth-order valence-electron chi connectivity index (χ4n) is 1.97. The minimum absolute atomic E-state index is 0.253. The summed E-state index contributed by atoms with van der Waals surface area (Å²) in [6, 6.07) is 1.47. The molecule has 0 bridgehead atoms. The highest BCUT2D eigenvalue weighted by Gasteiger charge is 2.27. The standard InChI is InChI=1S/C10H12Br2ClNO2S2/c11-7-3-1-2-6(7)5-14-18(15,16)9-4-8(13)10(12)17-9/h4,6-7,14H,1-3,5H2. The Kier molecular flexibility index (Phi) is 5.17. The summed E-state index contributed by atoms with van der Waals surface area (Å²) in [5.74, 6) is 0.374. The Morgan fingerprint density at radius 1 is 1.50 bits per heavy atom. The Labute approximate surface area is 133 Å².